The molecule has 9 heteroatoms. The number of aliphatic hydroxyl groups excluding tert-OH is 2. The zero-order valence-corrected chi connectivity index (χ0v) is 10.8. The number of anilines is 1. The van der Waals surface area contributed by atoms with Gasteiger partial charge in [-0.2, -0.15) is 4.98 Å². The molecule has 3 atom stereocenters. The average molecular weight is 281 g/mol. The summed E-state index contributed by atoms with van der Waals surface area (Å²) in [6.45, 7) is -0.261. The lowest BCUT2D eigenvalue weighted by atomic mass is 10.2. The number of imidazole rings is 1. The molecule has 3 heterocycles. The Balaban J connectivity index is 2.04. The van der Waals surface area contributed by atoms with E-state index in [0.29, 0.717) is 17.6 Å². The summed E-state index contributed by atoms with van der Waals surface area (Å²) in [5.41, 5.74) is 6.85. The topological polar surface area (TPSA) is 129 Å². The molecule has 108 valence electrons. The van der Waals surface area contributed by atoms with E-state index >= 15 is 0 Å². The van der Waals surface area contributed by atoms with Gasteiger partial charge in [0.15, 0.2) is 5.65 Å². The monoisotopic (exact) mass is 281 g/mol. The van der Waals surface area contributed by atoms with Crippen LogP contribution in [-0.2, 0) is 4.74 Å². The van der Waals surface area contributed by atoms with Crippen LogP contribution in [0, 0.1) is 0 Å². The Kier molecular flexibility index (Phi) is 3.16. The van der Waals surface area contributed by atoms with Crippen LogP contribution in [0.3, 0.4) is 0 Å². The molecule has 0 radical (unpaired) electrons. The number of hydrogen-bond donors (Lipinski definition) is 3. The summed E-state index contributed by atoms with van der Waals surface area (Å²) in [7, 11) is 1.46. The van der Waals surface area contributed by atoms with Gasteiger partial charge < -0.3 is 25.4 Å². The van der Waals surface area contributed by atoms with E-state index in [2.05, 4.69) is 15.0 Å². The van der Waals surface area contributed by atoms with E-state index in [-0.39, 0.29) is 18.6 Å². The van der Waals surface area contributed by atoms with Crippen LogP contribution in [0.4, 0.5) is 5.95 Å². The second kappa shape index (κ2) is 4.85. The third kappa shape index (κ3) is 1.96. The molecule has 1 aliphatic rings. The molecular formula is C11H15N5O4. The van der Waals surface area contributed by atoms with Gasteiger partial charge in [-0.15, -0.1) is 0 Å². The number of methoxy groups -OCH3 is 1. The van der Waals surface area contributed by atoms with Crippen molar-refractivity contribution >= 4 is 17.1 Å². The summed E-state index contributed by atoms with van der Waals surface area (Å²) in [4.78, 5) is 12.3. The van der Waals surface area contributed by atoms with E-state index in [9.17, 15) is 5.11 Å². The van der Waals surface area contributed by atoms with Gasteiger partial charge in [-0.25, -0.2) is 9.97 Å². The van der Waals surface area contributed by atoms with Crippen LogP contribution >= 0.6 is 0 Å². The first-order chi connectivity index (χ1) is 9.63. The number of fused-ring (bicyclic) bond motifs is 1. The molecule has 20 heavy (non-hydrogen) atoms. The van der Waals surface area contributed by atoms with Crippen LogP contribution in [-0.4, -0.2) is 55.7 Å². The molecule has 0 spiro atoms. The first-order valence-corrected chi connectivity index (χ1v) is 6.13. The van der Waals surface area contributed by atoms with Crippen LogP contribution in [0.5, 0.6) is 6.01 Å². The number of hydrogen-bond acceptors (Lipinski definition) is 8. The van der Waals surface area contributed by atoms with Gasteiger partial charge in [-0.3, -0.25) is 4.57 Å². The van der Waals surface area contributed by atoms with Gasteiger partial charge in [0.1, 0.15) is 17.8 Å². The Labute approximate surface area is 114 Å². The van der Waals surface area contributed by atoms with E-state index in [4.69, 9.17) is 20.3 Å². The van der Waals surface area contributed by atoms with Crippen molar-refractivity contribution in [3.63, 3.8) is 0 Å². The van der Waals surface area contributed by atoms with Crippen molar-refractivity contribution in [1.82, 2.24) is 19.5 Å². The molecule has 1 aliphatic heterocycles. The Morgan fingerprint density at radius 2 is 2.35 bits per heavy atom. The van der Waals surface area contributed by atoms with E-state index in [1.165, 1.54) is 13.3 Å². The van der Waals surface area contributed by atoms with Crippen molar-refractivity contribution in [3.05, 3.63) is 6.20 Å². The minimum absolute atomic E-state index is 0.191. The minimum atomic E-state index is -0.759. The summed E-state index contributed by atoms with van der Waals surface area (Å²) in [6.07, 6.45) is -0.131. The van der Waals surface area contributed by atoms with Crippen LogP contribution < -0.4 is 10.5 Å². The molecule has 2 aromatic heterocycles. The standard InChI is InChI=1S/C11H15N5O4/c1-19-11-13-3-5-9(15-11)16(10(12)14-5)8-2-6(18)7(4-17)20-8/h3,6-8,17-18H,2,4H2,1H3,(H2,12,14)/t6-,7+,8+/m1/s1. The van der Waals surface area contributed by atoms with Gasteiger partial charge >= 0.3 is 6.01 Å². The molecule has 0 amide bonds. The van der Waals surface area contributed by atoms with E-state index < -0.39 is 18.4 Å². The van der Waals surface area contributed by atoms with Gasteiger partial charge in [-0.05, 0) is 0 Å². The Morgan fingerprint density at radius 1 is 1.55 bits per heavy atom. The quantitative estimate of drug-likeness (QED) is 0.657. The number of rotatable bonds is 3. The third-order valence-corrected chi connectivity index (χ3v) is 3.29. The normalized spacial score (nSPS) is 26.2. The molecule has 1 fully saturated rings. The molecule has 0 aromatic carbocycles. The van der Waals surface area contributed by atoms with Crippen LogP contribution in [0.2, 0.25) is 0 Å². The van der Waals surface area contributed by atoms with Crippen molar-refractivity contribution in [2.75, 3.05) is 19.5 Å². The summed E-state index contributed by atoms with van der Waals surface area (Å²) in [5, 5.41) is 18.9. The van der Waals surface area contributed by atoms with Crippen molar-refractivity contribution in [2.45, 2.75) is 24.9 Å². The zero-order chi connectivity index (χ0) is 14.3. The summed E-state index contributed by atoms with van der Waals surface area (Å²) in [6, 6.07) is 0.191. The van der Waals surface area contributed by atoms with Gasteiger partial charge in [0.05, 0.1) is 26.0 Å². The first kappa shape index (κ1) is 13.0. The number of nitrogens with two attached hydrogens (primary N) is 1. The Morgan fingerprint density at radius 3 is 3.00 bits per heavy atom. The maximum atomic E-state index is 9.80. The Hall–Kier alpha value is -1.97. The molecule has 0 aliphatic carbocycles. The molecule has 0 unspecified atom stereocenters. The van der Waals surface area contributed by atoms with Crippen LogP contribution in [0.25, 0.3) is 11.2 Å². The molecule has 4 N–H and O–H groups in total. The van der Waals surface area contributed by atoms with Gasteiger partial charge in [0.2, 0.25) is 5.95 Å². The second-order valence-corrected chi connectivity index (χ2v) is 4.52. The molecule has 3 rings (SSSR count). The number of ether oxygens (including phenoxy) is 2. The smallest absolute Gasteiger partial charge is 0.318 e. The van der Waals surface area contributed by atoms with Crippen molar-refractivity contribution in [3.8, 4) is 6.01 Å². The molecule has 2 aromatic rings. The van der Waals surface area contributed by atoms with Crippen LogP contribution in [0.1, 0.15) is 12.6 Å². The first-order valence-electron chi connectivity index (χ1n) is 6.13. The highest BCUT2D eigenvalue weighted by Gasteiger charge is 2.36. The van der Waals surface area contributed by atoms with Crippen molar-refractivity contribution in [2.24, 2.45) is 0 Å². The fraction of sp³-hybridized carbons (Fsp3) is 0.545. The number of nitrogens with zero attached hydrogens (tertiary/aromatic N) is 4. The average Bonchev–Trinajstić information content (AvgIpc) is 2.96. The number of aliphatic hydroxyl groups is 2. The highest BCUT2D eigenvalue weighted by Crippen LogP contribution is 2.33. The van der Waals surface area contributed by atoms with Gasteiger partial charge in [0.25, 0.3) is 0 Å². The largest absolute Gasteiger partial charge is 0.467 e. The molecular weight excluding hydrogens is 266 g/mol. The lowest BCUT2D eigenvalue weighted by Crippen LogP contribution is -2.24. The lowest BCUT2D eigenvalue weighted by molar-refractivity contribution is -0.0425. The maximum absolute atomic E-state index is 9.80. The van der Waals surface area contributed by atoms with Gasteiger partial charge in [-0.1, -0.05) is 0 Å². The predicted molar refractivity (Wildman–Crippen MR) is 67.9 cm³/mol. The number of nitrogen functional groups attached to an aromatic ring is 1. The highest BCUT2D eigenvalue weighted by atomic mass is 16.5. The summed E-state index contributed by atoms with van der Waals surface area (Å²) < 4.78 is 12.1. The fourth-order valence-electron chi connectivity index (χ4n) is 2.31. The summed E-state index contributed by atoms with van der Waals surface area (Å²) >= 11 is 0. The van der Waals surface area contributed by atoms with E-state index in [0.717, 1.165) is 0 Å². The third-order valence-electron chi connectivity index (χ3n) is 3.29. The second-order valence-electron chi connectivity index (χ2n) is 4.52. The SMILES string of the molecule is COc1ncc2nc(N)n([C@@H]3C[C@@H](O)[C@H](CO)O3)c2n1. The lowest BCUT2D eigenvalue weighted by Gasteiger charge is -2.14. The van der Waals surface area contributed by atoms with Gasteiger partial charge in [0, 0.05) is 6.42 Å². The predicted octanol–water partition coefficient (Wildman–Crippen LogP) is -0.942. The van der Waals surface area contributed by atoms with Crippen molar-refractivity contribution < 1.29 is 19.7 Å². The maximum Gasteiger partial charge on any atom is 0.318 e. The van der Waals surface area contributed by atoms with Crippen LogP contribution in [0.15, 0.2) is 6.20 Å². The van der Waals surface area contributed by atoms with E-state index in [1.807, 2.05) is 0 Å². The van der Waals surface area contributed by atoms with Crippen molar-refractivity contribution in [1.29, 1.82) is 0 Å². The fourth-order valence-corrected chi connectivity index (χ4v) is 2.31. The highest BCUT2D eigenvalue weighted by molar-refractivity contribution is 5.73. The molecule has 9 nitrogen and oxygen atoms in total. The molecule has 0 saturated carbocycles. The molecule has 1 saturated heterocycles. The molecule has 0 bridgehead atoms. The minimum Gasteiger partial charge on any atom is -0.467 e. The van der Waals surface area contributed by atoms with E-state index in [1.54, 1.807) is 4.57 Å². The number of aromatic nitrogens is 4. The summed E-state index contributed by atoms with van der Waals surface area (Å²) in [5.74, 6) is 0.207. The zero-order valence-electron chi connectivity index (χ0n) is 10.8. The Bertz CT molecular complexity index is 631.